The SMILES string of the molecule is NCC1CCCc2c1c(C(F)(F)F)nn2CCC(=O)O. The average Bonchev–Trinajstić information content (AvgIpc) is 2.75. The number of hydrogen-bond acceptors (Lipinski definition) is 3. The summed E-state index contributed by atoms with van der Waals surface area (Å²) in [7, 11) is 0. The van der Waals surface area contributed by atoms with Crippen LogP contribution < -0.4 is 5.73 Å². The second-order valence-electron chi connectivity index (χ2n) is 4.90. The Morgan fingerprint density at radius 2 is 2.20 bits per heavy atom. The van der Waals surface area contributed by atoms with E-state index < -0.39 is 17.8 Å². The number of rotatable bonds is 4. The third kappa shape index (κ3) is 2.79. The summed E-state index contributed by atoms with van der Waals surface area (Å²) in [5.41, 5.74) is 5.30. The number of carboxylic acid groups (broad SMARTS) is 1. The number of halogens is 3. The molecular weight excluding hydrogens is 275 g/mol. The molecule has 20 heavy (non-hydrogen) atoms. The largest absolute Gasteiger partial charge is 0.481 e. The van der Waals surface area contributed by atoms with E-state index in [9.17, 15) is 18.0 Å². The minimum Gasteiger partial charge on any atom is -0.481 e. The third-order valence-electron chi connectivity index (χ3n) is 3.56. The van der Waals surface area contributed by atoms with Gasteiger partial charge in [0.2, 0.25) is 0 Å². The van der Waals surface area contributed by atoms with Gasteiger partial charge in [-0.05, 0) is 25.8 Å². The van der Waals surface area contributed by atoms with Gasteiger partial charge in [-0.1, -0.05) is 0 Å². The molecule has 0 radical (unpaired) electrons. The Hall–Kier alpha value is -1.57. The Kier molecular flexibility index (Phi) is 4.03. The van der Waals surface area contributed by atoms with Crippen molar-refractivity contribution in [2.24, 2.45) is 5.73 Å². The number of hydrogen-bond donors (Lipinski definition) is 2. The maximum atomic E-state index is 13.1. The molecule has 1 unspecified atom stereocenters. The predicted octanol–water partition coefficient (Wildman–Crippen LogP) is 1.76. The van der Waals surface area contributed by atoms with Crippen molar-refractivity contribution in [2.75, 3.05) is 6.54 Å². The van der Waals surface area contributed by atoms with Crippen molar-refractivity contribution in [2.45, 2.75) is 44.3 Å². The summed E-state index contributed by atoms with van der Waals surface area (Å²) in [4.78, 5) is 10.6. The number of aryl methyl sites for hydroxylation is 1. The van der Waals surface area contributed by atoms with E-state index in [4.69, 9.17) is 10.8 Å². The average molecular weight is 291 g/mol. The summed E-state index contributed by atoms with van der Waals surface area (Å²) < 4.78 is 40.4. The first-order valence-electron chi connectivity index (χ1n) is 6.43. The maximum Gasteiger partial charge on any atom is 0.435 e. The van der Waals surface area contributed by atoms with Crippen molar-refractivity contribution in [3.05, 3.63) is 17.0 Å². The van der Waals surface area contributed by atoms with E-state index in [1.54, 1.807) is 0 Å². The smallest absolute Gasteiger partial charge is 0.435 e. The summed E-state index contributed by atoms with van der Waals surface area (Å²) in [5, 5.41) is 12.3. The third-order valence-corrected chi connectivity index (χ3v) is 3.56. The van der Waals surface area contributed by atoms with Crippen LogP contribution in [-0.2, 0) is 23.9 Å². The molecule has 5 nitrogen and oxygen atoms in total. The lowest BCUT2D eigenvalue weighted by atomic mass is 9.85. The molecule has 0 saturated heterocycles. The van der Waals surface area contributed by atoms with Crippen LogP contribution >= 0.6 is 0 Å². The highest BCUT2D eigenvalue weighted by atomic mass is 19.4. The van der Waals surface area contributed by atoms with Crippen LogP contribution in [-0.4, -0.2) is 27.4 Å². The number of aliphatic carboxylic acids is 1. The van der Waals surface area contributed by atoms with Crippen molar-refractivity contribution in [1.82, 2.24) is 9.78 Å². The molecule has 1 aromatic heterocycles. The quantitative estimate of drug-likeness (QED) is 0.885. The molecule has 0 aromatic carbocycles. The van der Waals surface area contributed by atoms with E-state index in [2.05, 4.69) is 5.10 Å². The zero-order valence-corrected chi connectivity index (χ0v) is 10.8. The molecule has 1 aliphatic carbocycles. The molecule has 0 bridgehead atoms. The highest BCUT2D eigenvalue weighted by Crippen LogP contribution is 2.40. The standard InChI is InChI=1S/C12H16F3N3O2/c13-12(14,15)11-10-7(6-16)2-1-3-8(10)18(17-11)5-4-9(19)20/h7H,1-6,16H2,(H,19,20). The minimum atomic E-state index is -4.54. The Labute approximate surface area is 113 Å². The molecule has 0 spiro atoms. The van der Waals surface area contributed by atoms with Crippen LogP contribution in [0.3, 0.4) is 0 Å². The van der Waals surface area contributed by atoms with Crippen LogP contribution in [0.2, 0.25) is 0 Å². The van der Waals surface area contributed by atoms with Crippen molar-refractivity contribution in [1.29, 1.82) is 0 Å². The number of nitrogens with zero attached hydrogens (tertiary/aromatic N) is 2. The first-order chi connectivity index (χ1) is 9.34. The van der Waals surface area contributed by atoms with Crippen LogP contribution in [0.5, 0.6) is 0 Å². The predicted molar refractivity (Wildman–Crippen MR) is 64.2 cm³/mol. The van der Waals surface area contributed by atoms with Crippen LogP contribution in [0.15, 0.2) is 0 Å². The molecular formula is C12H16F3N3O2. The van der Waals surface area contributed by atoms with Crippen LogP contribution in [0, 0.1) is 0 Å². The summed E-state index contributed by atoms with van der Waals surface area (Å²) in [5.74, 6) is -1.41. The van der Waals surface area contributed by atoms with Crippen molar-refractivity contribution in [3.63, 3.8) is 0 Å². The van der Waals surface area contributed by atoms with Gasteiger partial charge in [0.05, 0.1) is 13.0 Å². The highest BCUT2D eigenvalue weighted by molar-refractivity contribution is 5.66. The lowest BCUT2D eigenvalue weighted by Gasteiger charge is -2.23. The zero-order valence-electron chi connectivity index (χ0n) is 10.8. The Bertz CT molecular complexity index is 511. The van der Waals surface area contributed by atoms with Crippen molar-refractivity contribution < 1.29 is 23.1 Å². The Morgan fingerprint density at radius 3 is 2.75 bits per heavy atom. The number of aromatic nitrogens is 2. The van der Waals surface area contributed by atoms with E-state index in [-0.39, 0.29) is 31.0 Å². The Morgan fingerprint density at radius 1 is 1.50 bits per heavy atom. The minimum absolute atomic E-state index is 0.0506. The fourth-order valence-electron chi connectivity index (χ4n) is 2.70. The lowest BCUT2D eigenvalue weighted by molar-refractivity contribution is -0.142. The lowest BCUT2D eigenvalue weighted by Crippen LogP contribution is -2.21. The fraction of sp³-hybridized carbons (Fsp3) is 0.667. The Balaban J connectivity index is 2.45. The van der Waals surface area contributed by atoms with E-state index in [1.807, 2.05) is 0 Å². The molecule has 2 rings (SSSR count). The van der Waals surface area contributed by atoms with E-state index in [1.165, 1.54) is 4.68 Å². The summed E-state index contributed by atoms with van der Waals surface area (Å²) in [6.45, 7) is 0.0890. The molecule has 0 saturated carbocycles. The van der Waals surface area contributed by atoms with Gasteiger partial charge in [0.25, 0.3) is 0 Å². The first kappa shape index (κ1) is 14.8. The topological polar surface area (TPSA) is 81.1 Å². The molecule has 1 aromatic rings. The van der Waals surface area contributed by atoms with Gasteiger partial charge in [0, 0.05) is 17.2 Å². The summed E-state index contributed by atoms with van der Waals surface area (Å²) in [6, 6.07) is 0. The molecule has 1 atom stereocenters. The van der Waals surface area contributed by atoms with Gasteiger partial charge in [-0.3, -0.25) is 9.48 Å². The van der Waals surface area contributed by atoms with Gasteiger partial charge in [-0.2, -0.15) is 18.3 Å². The maximum absolute atomic E-state index is 13.1. The fourth-order valence-corrected chi connectivity index (χ4v) is 2.70. The van der Waals surface area contributed by atoms with E-state index in [0.29, 0.717) is 18.5 Å². The highest BCUT2D eigenvalue weighted by Gasteiger charge is 2.41. The number of alkyl halides is 3. The van der Waals surface area contributed by atoms with Crippen molar-refractivity contribution in [3.8, 4) is 0 Å². The normalized spacial score (nSPS) is 18.9. The van der Waals surface area contributed by atoms with E-state index in [0.717, 1.165) is 6.42 Å². The molecule has 112 valence electrons. The van der Waals surface area contributed by atoms with Gasteiger partial charge in [-0.25, -0.2) is 0 Å². The summed E-state index contributed by atoms with van der Waals surface area (Å²) >= 11 is 0. The molecule has 0 fully saturated rings. The van der Waals surface area contributed by atoms with Gasteiger partial charge in [-0.15, -0.1) is 0 Å². The van der Waals surface area contributed by atoms with Gasteiger partial charge < -0.3 is 10.8 Å². The number of carboxylic acids is 1. The van der Waals surface area contributed by atoms with Gasteiger partial charge >= 0.3 is 12.1 Å². The number of fused-ring (bicyclic) bond motifs is 1. The second kappa shape index (κ2) is 5.43. The van der Waals surface area contributed by atoms with Gasteiger partial charge in [0.1, 0.15) is 0 Å². The molecule has 0 aliphatic heterocycles. The number of nitrogens with two attached hydrogens (primary N) is 1. The monoisotopic (exact) mass is 291 g/mol. The first-order valence-corrected chi connectivity index (χ1v) is 6.43. The molecule has 3 N–H and O–H groups in total. The van der Waals surface area contributed by atoms with Crippen LogP contribution in [0.4, 0.5) is 13.2 Å². The zero-order chi connectivity index (χ0) is 14.9. The number of carbonyl (C=O) groups is 1. The molecule has 1 heterocycles. The molecule has 0 amide bonds. The molecule has 8 heteroatoms. The second-order valence-corrected chi connectivity index (χ2v) is 4.90. The van der Waals surface area contributed by atoms with Crippen molar-refractivity contribution >= 4 is 5.97 Å². The summed E-state index contributed by atoms with van der Waals surface area (Å²) in [6.07, 6.45) is -2.96. The molecule has 1 aliphatic rings. The van der Waals surface area contributed by atoms with Crippen LogP contribution in [0.1, 0.15) is 42.1 Å². The van der Waals surface area contributed by atoms with Gasteiger partial charge in [0.15, 0.2) is 5.69 Å². The van der Waals surface area contributed by atoms with E-state index >= 15 is 0 Å². The van der Waals surface area contributed by atoms with Crippen LogP contribution in [0.25, 0.3) is 0 Å².